The zero-order valence-corrected chi connectivity index (χ0v) is 13.9. The molecule has 1 N–H and O–H groups in total. The Morgan fingerprint density at radius 2 is 2.00 bits per heavy atom. The highest BCUT2D eigenvalue weighted by molar-refractivity contribution is 7.13. The van der Waals surface area contributed by atoms with Gasteiger partial charge in [0.2, 0.25) is 5.13 Å². The molecule has 0 unspecified atom stereocenters. The first kappa shape index (κ1) is 15.5. The van der Waals surface area contributed by atoms with Gasteiger partial charge >= 0.3 is 0 Å². The normalized spacial score (nSPS) is 11.4. The molecule has 0 radical (unpaired) electrons. The minimum Gasteiger partial charge on any atom is -0.342 e. The Hall–Kier alpha value is -3.06. The lowest BCUT2D eigenvalue weighted by molar-refractivity contribution is 0.626. The van der Waals surface area contributed by atoms with E-state index in [0.29, 0.717) is 11.7 Å². The largest absolute Gasteiger partial charge is 0.342 e. The van der Waals surface area contributed by atoms with Crippen molar-refractivity contribution in [2.45, 2.75) is 6.54 Å². The molecule has 0 aliphatic carbocycles. The van der Waals surface area contributed by atoms with Crippen molar-refractivity contribution in [3.63, 3.8) is 0 Å². The quantitative estimate of drug-likeness (QED) is 0.434. The van der Waals surface area contributed by atoms with Crippen LogP contribution < -0.4 is 5.43 Å². The second-order valence-corrected chi connectivity index (χ2v) is 6.30. The van der Waals surface area contributed by atoms with Crippen LogP contribution in [0, 0.1) is 5.82 Å². The summed E-state index contributed by atoms with van der Waals surface area (Å²) >= 11 is 1.39. The standard InChI is InChI=1S/C18H14FN5S/c19-15-7-5-13(6-8-15)10-24-11-14(16-3-1-2-4-17(16)24)9-20-22-18-23-21-12-25-18/h1-9,11-12H,10H2,(H,22,23)/b20-9+. The van der Waals surface area contributed by atoms with Crippen molar-refractivity contribution >= 4 is 33.6 Å². The average molecular weight is 351 g/mol. The van der Waals surface area contributed by atoms with Crippen LogP contribution in [-0.4, -0.2) is 21.0 Å². The van der Waals surface area contributed by atoms with Gasteiger partial charge in [-0.1, -0.05) is 41.7 Å². The molecule has 0 bridgehead atoms. The van der Waals surface area contributed by atoms with E-state index in [-0.39, 0.29) is 5.82 Å². The summed E-state index contributed by atoms with van der Waals surface area (Å²) in [5, 5.41) is 13.6. The lowest BCUT2D eigenvalue weighted by Crippen LogP contribution is -1.97. The van der Waals surface area contributed by atoms with Crippen molar-refractivity contribution in [1.29, 1.82) is 0 Å². The number of halogens is 1. The van der Waals surface area contributed by atoms with Crippen LogP contribution in [0.5, 0.6) is 0 Å². The number of anilines is 1. The third-order valence-corrected chi connectivity index (χ3v) is 4.41. The minimum absolute atomic E-state index is 0.225. The Morgan fingerprint density at radius 3 is 2.80 bits per heavy atom. The van der Waals surface area contributed by atoms with Gasteiger partial charge in [-0.25, -0.2) is 4.39 Å². The Balaban J connectivity index is 1.63. The fourth-order valence-electron chi connectivity index (χ4n) is 2.67. The van der Waals surface area contributed by atoms with Gasteiger partial charge < -0.3 is 4.57 Å². The number of hydrazone groups is 1. The fraction of sp³-hybridized carbons (Fsp3) is 0.0556. The second kappa shape index (κ2) is 6.82. The van der Waals surface area contributed by atoms with Gasteiger partial charge in [-0.15, -0.1) is 10.2 Å². The topological polar surface area (TPSA) is 55.1 Å². The summed E-state index contributed by atoms with van der Waals surface area (Å²) in [4.78, 5) is 0. The summed E-state index contributed by atoms with van der Waals surface area (Å²) in [6.45, 7) is 0.665. The monoisotopic (exact) mass is 351 g/mol. The van der Waals surface area contributed by atoms with Gasteiger partial charge in [-0.05, 0) is 23.8 Å². The van der Waals surface area contributed by atoms with E-state index in [1.807, 2.05) is 18.3 Å². The molecule has 0 spiro atoms. The number of hydrogen-bond acceptors (Lipinski definition) is 5. The smallest absolute Gasteiger partial charge is 0.225 e. The maximum Gasteiger partial charge on any atom is 0.225 e. The SMILES string of the molecule is Fc1ccc(Cn2cc(/C=N/Nc3nncs3)c3ccccc32)cc1. The van der Waals surface area contributed by atoms with Crippen molar-refractivity contribution in [2.75, 3.05) is 5.43 Å². The molecule has 4 rings (SSSR count). The van der Waals surface area contributed by atoms with E-state index in [9.17, 15) is 4.39 Å². The maximum absolute atomic E-state index is 13.1. The van der Waals surface area contributed by atoms with Crippen LogP contribution in [0.1, 0.15) is 11.1 Å². The second-order valence-electron chi connectivity index (χ2n) is 5.47. The molecule has 0 aliphatic heterocycles. The van der Waals surface area contributed by atoms with Crippen molar-refractivity contribution in [3.8, 4) is 0 Å². The van der Waals surface area contributed by atoms with Crippen LogP contribution in [0.4, 0.5) is 9.52 Å². The first-order chi connectivity index (χ1) is 12.3. The zero-order valence-electron chi connectivity index (χ0n) is 13.1. The van der Waals surface area contributed by atoms with Crippen molar-refractivity contribution in [2.24, 2.45) is 5.10 Å². The molecule has 124 valence electrons. The zero-order chi connectivity index (χ0) is 17.1. The van der Waals surface area contributed by atoms with E-state index in [2.05, 4.69) is 37.4 Å². The van der Waals surface area contributed by atoms with Gasteiger partial charge in [0, 0.05) is 29.2 Å². The van der Waals surface area contributed by atoms with E-state index in [4.69, 9.17) is 0 Å². The Labute approximate surface area is 147 Å². The van der Waals surface area contributed by atoms with E-state index < -0.39 is 0 Å². The van der Waals surface area contributed by atoms with Crippen molar-refractivity contribution in [1.82, 2.24) is 14.8 Å². The average Bonchev–Trinajstić information content (AvgIpc) is 3.26. The molecule has 2 aromatic heterocycles. The van der Waals surface area contributed by atoms with Gasteiger partial charge in [-0.2, -0.15) is 5.10 Å². The molecule has 0 atom stereocenters. The number of nitrogens with zero attached hydrogens (tertiary/aromatic N) is 4. The predicted octanol–water partition coefficient (Wildman–Crippen LogP) is 4.13. The molecular formula is C18H14FN5S. The highest BCUT2D eigenvalue weighted by atomic mass is 32.1. The highest BCUT2D eigenvalue weighted by Gasteiger charge is 2.07. The summed E-state index contributed by atoms with van der Waals surface area (Å²) in [6.07, 6.45) is 3.81. The summed E-state index contributed by atoms with van der Waals surface area (Å²) in [5.74, 6) is -0.225. The number of aromatic nitrogens is 3. The molecule has 0 amide bonds. The molecule has 0 saturated carbocycles. The Kier molecular flexibility index (Phi) is 4.22. The van der Waals surface area contributed by atoms with Gasteiger partial charge in [0.05, 0.1) is 6.21 Å². The lowest BCUT2D eigenvalue weighted by atomic mass is 10.2. The molecule has 0 saturated heterocycles. The minimum atomic E-state index is -0.225. The van der Waals surface area contributed by atoms with Crippen LogP contribution in [0.25, 0.3) is 10.9 Å². The molecule has 7 heteroatoms. The van der Waals surface area contributed by atoms with E-state index in [0.717, 1.165) is 22.0 Å². The highest BCUT2D eigenvalue weighted by Crippen LogP contribution is 2.21. The predicted molar refractivity (Wildman–Crippen MR) is 98.6 cm³/mol. The molecular weight excluding hydrogens is 337 g/mol. The van der Waals surface area contributed by atoms with Gasteiger partial charge in [0.1, 0.15) is 11.3 Å². The van der Waals surface area contributed by atoms with Gasteiger partial charge in [0.25, 0.3) is 0 Å². The number of para-hydroxylation sites is 1. The molecule has 0 aliphatic rings. The lowest BCUT2D eigenvalue weighted by Gasteiger charge is -2.05. The Morgan fingerprint density at radius 1 is 1.16 bits per heavy atom. The summed E-state index contributed by atoms with van der Waals surface area (Å²) in [5.41, 5.74) is 7.65. The Bertz CT molecular complexity index is 1010. The fourth-order valence-corrected chi connectivity index (χ4v) is 3.07. The number of nitrogens with one attached hydrogen (secondary N) is 1. The van der Waals surface area contributed by atoms with E-state index in [1.54, 1.807) is 23.9 Å². The van der Waals surface area contributed by atoms with Crippen LogP contribution in [0.2, 0.25) is 0 Å². The molecule has 2 aromatic carbocycles. The van der Waals surface area contributed by atoms with Crippen molar-refractivity contribution < 1.29 is 4.39 Å². The molecule has 0 fully saturated rings. The van der Waals surface area contributed by atoms with E-state index >= 15 is 0 Å². The van der Waals surface area contributed by atoms with Crippen LogP contribution in [0.15, 0.2) is 65.3 Å². The van der Waals surface area contributed by atoms with Crippen LogP contribution in [0.3, 0.4) is 0 Å². The number of hydrogen-bond donors (Lipinski definition) is 1. The van der Waals surface area contributed by atoms with Crippen LogP contribution >= 0.6 is 11.3 Å². The molecule has 25 heavy (non-hydrogen) atoms. The first-order valence-electron chi connectivity index (χ1n) is 7.67. The first-order valence-corrected chi connectivity index (χ1v) is 8.55. The number of benzene rings is 2. The summed E-state index contributed by atoms with van der Waals surface area (Å²) in [6, 6.07) is 14.7. The maximum atomic E-state index is 13.1. The summed E-state index contributed by atoms with van der Waals surface area (Å²) < 4.78 is 15.2. The van der Waals surface area contributed by atoms with E-state index in [1.165, 1.54) is 23.5 Å². The number of fused-ring (bicyclic) bond motifs is 1. The number of rotatable bonds is 5. The molecule has 4 aromatic rings. The molecule has 5 nitrogen and oxygen atoms in total. The van der Waals surface area contributed by atoms with Crippen LogP contribution in [-0.2, 0) is 6.54 Å². The van der Waals surface area contributed by atoms with Gasteiger partial charge in [0.15, 0.2) is 0 Å². The molecule has 2 heterocycles. The third kappa shape index (κ3) is 3.41. The van der Waals surface area contributed by atoms with Crippen molar-refractivity contribution in [3.05, 3.63) is 77.2 Å². The summed E-state index contributed by atoms with van der Waals surface area (Å²) in [7, 11) is 0. The van der Waals surface area contributed by atoms with Gasteiger partial charge in [-0.3, -0.25) is 5.43 Å². The third-order valence-electron chi connectivity index (χ3n) is 3.81.